The maximum Gasteiger partial charge on any atom is 0.272 e. The molecule has 0 aromatic carbocycles. The highest BCUT2D eigenvalue weighted by atomic mass is 19.3. The van der Waals surface area contributed by atoms with Crippen LogP contribution < -0.4 is 5.73 Å². The van der Waals surface area contributed by atoms with Crippen LogP contribution in [0.15, 0.2) is 0 Å². The van der Waals surface area contributed by atoms with Gasteiger partial charge >= 0.3 is 0 Å². The molecule has 0 aliphatic rings. The quantitative estimate of drug-likeness (QED) is 0.678. The van der Waals surface area contributed by atoms with Crippen LogP contribution in [0.5, 0.6) is 0 Å². The summed E-state index contributed by atoms with van der Waals surface area (Å²) in [6.07, 6.45) is 0. The topological polar surface area (TPSA) is 29.3 Å². The molecular weight excluding hydrogens is 188 g/mol. The number of nitrogens with zero attached hydrogens (tertiary/aromatic N) is 1. The first-order valence-electron chi connectivity index (χ1n) is 3.80. The molecule has 0 bridgehead atoms. The fourth-order valence-corrected chi connectivity index (χ4v) is 0.989. The fourth-order valence-electron chi connectivity index (χ4n) is 0.989. The van der Waals surface area contributed by atoms with Crippen LogP contribution in [0.4, 0.5) is 17.6 Å². The van der Waals surface area contributed by atoms with E-state index in [0.717, 1.165) is 4.90 Å². The van der Waals surface area contributed by atoms with Crippen molar-refractivity contribution in [3.8, 4) is 0 Å². The van der Waals surface area contributed by atoms with Gasteiger partial charge in [0, 0.05) is 6.92 Å². The van der Waals surface area contributed by atoms with Crippen LogP contribution in [-0.2, 0) is 0 Å². The molecule has 0 amide bonds. The van der Waals surface area contributed by atoms with Crippen LogP contribution in [0.2, 0.25) is 0 Å². The fraction of sp³-hybridized carbons (Fsp3) is 1.00. The number of hydrogen-bond donors (Lipinski definition) is 1. The van der Waals surface area contributed by atoms with Crippen LogP contribution in [0.1, 0.15) is 6.92 Å². The van der Waals surface area contributed by atoms with Crippen molar-refractivity contribution in [2.24, 2.45) is 5.73 Å². The Morgan fingerprint density at radius 2 is 1.62 bits per heavy atom. The minimum atomic E-state index is -3.10. The summed E-state index contributed by atoms with van der Waals surface area (Å²) < 4.78 is 49.8. The zero-order chi connectivity index (χ0) is 10.7. The summed E-state index contributed by atoms with van der Waals surface area (Å²) in [7, 11) is 1.21. The van der Waals surface area contributed by atoms with Gasteiger partial charge in [-0.15, -0.1) is 0 Å². The first kappa shape index (κ1) is 12.6. The zero-order valence-corrected chi connectivity index (χ0v) is 7.66. The van der Waals surface area contributed by atoms with Crippen molar-refractivity contribution < 1.29 is 17.6 Å². The summed E-state index contributed by atoms with van der Waals surface area (Å²) in [5, 5.41) is 0. The third-order valence-electron chi connectivity index (χ3n) is 1.35. The van der Waals surface area contributed by atoms with Gasteiger partial charge in [0.25, 0.3) is 11.8 Å². The summed E-state index contributed by atoms with van der Waals surface area (Å²) in [6, 6.07) is 0. The number of nitrogens with two attached hydrogens (primary N) is 1. The molecule has 2 N–H and O–H groups in total. The van der Waals surface area contributed by atoms with Gasteiger partial charge in [-0.1, -0.05) is 0 Å². The van der Waals surface area contributed by atoms with E-state index in [-0.39, 0.29) is 0 Å². The highest BCUT2D eigenvalue weighted by Gasteiger charge is 2.32. The van der Waals surface area contributed by atoms with E-state index in [1.807, 2.05) is 0 Å². The highest BCUT2D eigenvalue weighted by Crippen LogP contribution is 2.17. The predicted molar refractivity (Wildman–Crippen MR) is 42.1 cm³/mol. The summed E-state index contributed by atoms with van der Waals surface area (Å²) in [6.45, 7) is -1.58. The normalized spacial score (nSPS) is 13.8. The van der Waals surface area contributed by atoms with Crippen molar-refractivity contribution in [1.82, 2.24) is 4.90 Å². The second kappa shape index (κ2) is 4.23. The van der Waals surface area contributed by atoms with Crippen LogP contribution in [-0.4, -0.2) is 43.4 Å². The van der Waals surface area contributed by atoms with Crippen LogP contribution in [0, 0.1) is 0 Å². The maximum atomic E-state index is 12.6. The van der Waals surface area contributed by atoms with Crippen molar-refractivity contribution in [2.45, 2.75) is 18.8 Å². The number of alkyl halides is 4. The van der Waals surface area contributed by atoms with Crippen LogP contribution in [0.3, 0.4) is 0 Å². The molecule has 0 aliphatic carbocycles. The number of rotatable bonds is 5. The Morgan fingerprint density at radius 3 is 1.92 bits per heavy atom. The Labute approximate surface area is 74.7 Å². The Bertz CT molecular complexity index is 155. The van der Waals surface area contributed by atoms with Gasteiger partial charge in [-0.25, -0.2) is 17.6 Å². The van der Waals surface area contributed by atoms with Crippen molar-refractivity contribution in [2.75, 3.05) is 26.7 Å². The Kier molecular flexibility index (Phi) is 4.12. The molecule has 0 unspecified atom stereocenters. The lowest BCUT2D eigenvalue weighted by atomic mass is 10.3. The second-order valence-corrected chi connectivity index (χ2v) is 3.30. The first-order chi connectivity index (χ1) is 5.66. The van der Waals surface area contributed by atoms with E-state index in [9.17, 15) is 17.6 Å². The van der Waals surface area contributed by atoms with Crippen molar-refractivity contribution in [1.29, 1.82) is 0 Å². The molecule has 0 saturated carbocycles. The molecule has 0 aromatic heterocycles. The third kappa shape index (κ3) is 6.77. The molecule has 0 spiro atoms. The molecule has 0 fully saturated rings. The van der Waals surface area contributed by atoms with Crippen molar-refractivity contribution in [3.63, 3.8) is 0 Å². The smallest absolute Gasteiger partial charge is 0.272 e. The molecule has 0 heterocycles. The standard InChI is InChI=1S/C7H14F4N2/c1-6(8,9)4-13(2)5-7(10,11)3-12/h3-5,12H2,1-2H3. The Balaban J connectivity index is 3.94. The number of hydrogen-bond acceptors (Lipinski definition) is 2. The molecule has 0 saturated heterocycles. The maximum absolute atomic E-state index is 12.6. The van der Waals surface area contributed by atoms with Crippen molar-refractivity contribution in [3.05, 3.63) is 0 Å². The van der Waals surface area contributed by atoms with E-state index in [2.05, 4.69) is 0 Å². The Hall–Kier alpha value is -0.360. The molecule has 80 valence electrons. The lowest BCUT2D eigenvalue weighted by Gasteiger charge is -2.24. The molecule has 0 aromatic rings. The van der Waals surface area contributed by atoms with E-state index in [1.54, 1.807) is 0 Å². The monoisotopic (exact) mass is 202 g/mol. The van der Waals surface area contributed by atoms with Crippen molar-refractivity contribution >= 4 is 0 Å². The highest BCUT2D eigenvalue weighted by molar-refractivity contribution is 4.74. The Morgan fingerprint density at radius 1 is 1.15 bits per heavy atom. The van der Waals surface area contributed by atoms with Gasteiger partial charge in [0.1, 0.15) is 0 Å². The van der Waals surface area contributed by atoms with E-state index < -0.39 is 31.5 Å². The van der Waals surface area contributed by atoms with Gasteiger partial charge in [0.05, 0.1) is 19.6 Å². The lowest BCUT2D eigenvalue weighted by molar-refractivity contribution is -0.0539. The van der Waals surface area contributed by atoms with Gasteiger partial charge in [-0.05, 0) is 7.05 Å². The molecule has 2 nitrogen and oxygen atoms in total. The first-order valence-corrected chi connectivity index (χ1v) is 3.80. The summed E-state index contributed by atoms with van der Waals surface area (Å²) in [5.41, 5.74) is 4.75. The molecule has 13 heavy (non-hydrogen) atoms. The van der Waals surface area contributed by atoms with Gasteiger partial charge < -0.3 is 5.73 Å². The third-order valence-corrected chi connectivity index (χ3v) is 1.35. The largest absolute Gasteiger partial charge is 0.325 e. The average molecular weight is 202 g/mol. The van der Waals surface area contributed by atoms with E-state index in [1.165, 1.54) is 7.05 Å². The SMILES string of the molecule is CN(CC(C)(F)F)CC(F)(F)CN. The summed E-state index contributed by atoms with van der Waals surface area (Å²) in [5.74, 6) is -6.06. The molecule has 0 rings (SSSR count). The van der Waals surface area contributed by atoms with Gasteiger partial charge in [-0.2, -0.15) is 0 Å². The summed E-state index contributed by atoms with van der Waals surface area (Å²) in [4.78, 5) is 0.868. The zero-order valence-electron chi connectivity index (χ0n) is 7.66. The van der Waals surface area contributed by atoms with Gasteiger partial charge in [0.2, 0.25) is 0 Å². The molecule has 6 heteroatoms. The minimum absolute atomic E-state index is 0.685. The second-order valence-electron chi connectivity index (χ2n) is 3.30. The van der Waals surface area contributed by atoms with Crippen LogP contribution in [0.25, 0.3) is 0 Å². The molecule has 0 aliphatic heterocycles. The number of halogens is 4. The van der Waals surface area contributed by atoms with E-state index in [4.69, 9.17) is 5.73 Å². The lowest BCUT2D eigenvalue weighted by Crippen LogP contribution is -2.43. The van der Waals surface area contributed by atoms with Gasteiger partial charge in [-0.3, -0.25) is 4.90 Å². The van der Waals surface area contributed by atoms with E-state index in [0.29, 0.717) is 6.92 Å². The molecule has 0 atom stereocenters. The van der Waals surface area contributed by atoms with Crippen LogP contribution >= 0.6 is 0 Å². The predicted octanol–water partition coefficient (Wildman–Crippen LogP) is 1.17. The van der Waals surface area contributed by atoms with E-state index >= 15 is 0 Å². The minimum Gasteiger partial charge on any atom is -0.325 e. The molecular formula is C7H14F4N2. The summed E-state index contributed by atoms with van der Waals surface area (Å²) >= 11 is 0. The van der Waals surface area contributed by atoms with Gasteiger partial charge in [0.15, 0.2) is 0 Å². The average Bonchev–Trinajstić information content (AvgIpc) is 1.81. The molecule has 0 radical (unpaired) electrons.